The first-order chi connectivity index (χ1) is 20.4. The van der Waals surface area contributed by atoms with E-state index in [4.69, 9.17) is 14.2 Å². The summed E-state index contributed by atoms with van der Waals surface area (Å²) < 4.78 is 16.2. The number of aromatic nitrogens is 1. The predicted octanol–water partition coefficient (Wildman–Crippen LogP) is 4.28. The Morgan fingerprint density at radius 1 is 1.24 bits per heavy atom. The number of hydrogen-bond donors (Lipinski definition) is 2. The van der Waals surface area contributed by atoms with Crippen molar-refractivity contribution < 1.29 is 33.4 Å². The van der Waals surface area contributed by atoms with E-state index in [-0.39, 0.29) is 28.9 Å². The zero-order valence-corrected chi connectivity index (χ0v) is 23.5. The maximum Gasteiger partial charge on any atom is 0.357 e. The molecule has 12 heteroatoms. The summed E-state index contributed by atoms with van der Waals surface area (Å²) in [5.74, 6) is -1.33. The number of carbonyl (C=O) groups is 4. The molecule has 2 aliphatic carbocycles. The summed E-state index contributed by atoms with van der Waals surface area (Å²) in [6.07, 6.45) is 12.0. The predicted molar refractivity (Wildman–Crippen MR) is 152 cm³/mol. The molecule has 0 saturated carbocycles. The zero-order chi connectivity index (χ0) is 29.2. The molecule has 3 atom stereocenters. The number of rotatable bonds is 8. The highest BCUT2D eigenvalue weighted by Crippen LogP contribution is 2.38. The van der Waals surface area contributed by atoms with Gasteiger partial charge in [0.1, 0.15) is 18.6 Å². The van der Waals surface area contributed by atoms with Gasteiger partial charge in [-0.2, -0.15) is 0 Å². The van der Waals surface area contributed by atoms with E-state index in [1.165, 1.54) is 30.6 Å². The Balaban J connectivity index is 1.25. The number of nitrogens with zero attached hydrogens (tertiary/aromatic N) is 2. The van der Waals surface area contributed by atoms with E-state index in [1.54, 1.807) is 0 Å². The van der Waals surface area contributed by atoms with Gasteiger partial charge in [-0.25, -0.2) is 19.5 Å². The quantitative estimate of drug-likeness (QED) is 0.345. The van der Waals surface area contributed by atoms with Crippen molar-refractivity contribution in [3.63, 3.8) is 0 Å². The van der Waals surface area contributed by atoms with Crippen molar-refractivity contribution in [1.29, 1.82) is 0 Å². The van der Waals surface area contributed by atoms with Crippen LogP contribution >= 0.6 is 11.3 Å². The van der Waals surface area contributed by atoms with E-state index in [9.17, 15) is 19.2 Å². The van der Waals surface area contributed by atoms with Crippen LogP contribution in [0, 0.1) is 0 Å². The molecule has 3 unspecified atom stereocenters. The molecule has 3 heterocycles. The van der Waals surface area contributed by atoms with Crippen molar-refractivity contribution in [3.05, 3.63) is 94.3 Å². The van der Waals surface area contributed by atoms with Gasteiger partial charge >= 0.3 is 12.0 Å². The molecule has 0 radical (unpaired) electrons. The Kier molecular flexibility index (Phi) is 7.62. The lowest BCUT2D eigenvalue weighted by molar-refractivity contribution is -0.134. The average molecular weight is 589 g/mol. The molecule has 0 bridgehead atoms. The first-order valence-electron chi connectivity index (χ1n) is 13.6. The Morgan fingerprint density at radius 2 is 2.10 bits per heavy atom. The van der Waals surface area contributed by atoms with Gasteiger partial charge in [-0.1, -0.05) is 42.5 Å². The van der Waals surface area contributed by atoms with Crippen LogP contribution in [0.25, 0.3) is 0 Å². The van der Waals surface area contributed by atoms with Crippen molar-refractivity contribution in [2.45, 2.75) is 50.1 Å². The Bertz CT molecular complexity index is 1570. The molecule has 1 aromatic carbocycles. The summed E-state index contributed by atoms with van der Waals surface area (Å²) in [6, 6.07) is 4.93. The van der Waals surface area contributed by atoms with Gasteiger partial charge in [0.25, 0.3) is 5.91 Å². The molecule has 2 aliphatic heterocycles. The molecule has 1 fully saturated rings. The number of aryl methyl sites for hydroxylation is 1. The summed E-state index contributed by atoms with van der Waals surface area (Å²) in [4.78, 5) is 57.9. The number of carbonyl (C=O) groups excluding carboxylic acids is 4. The van der Waals surface area contributed by atoms with Crippen molar-refractivity contribution in [3.8, 4) is 0 Å². The van der Waals surface area contributed by atoms with Gasteiger partial charge < -0.3 is 24.8 Å². The topological polar surface area (TPSA) is 136 Å². The Morgan fingerprint density at radius 3 is 2.90 bits per heavy atom. The van der Waals surface area contributed by atoms with Crippen molar-refractivity contribution in [1.82, 2.24) is 15.2 Å². The number of benzene rings is 1. The van der Waals surface area contributed by atoms with Crippen LogP contribution in [0.2, 0.25) is 0 Å². The van der Waals surface area contributed by atoms with E-state index in [0.717, 1.165) is 53.1 Å². The van der Waals surface area contributed by atoms with Crippen LogP contribution in [0.5, 0.6) is 0 Å². The minimum Gasteiger partial charge on any atom is -0.465 e. The first kappa shape index (κ1) is 27.5. The normalized spacial score (nSPS) is 21.7. The highest BCUT2D eigenvalue weighted by molar-refractivity contribution is 7.14. The molecule has 1 aromatic heterocycles. The number of urea groups is 1. The number of methoxy groups -OCH3 is 1. The third-order valence-corrected chi connectivity index (χ3v) is 8.44. The minimum absolute atomic E-state index is 0.0444. The van der Waals surface area contributed by atoms with E-state index < -0.39 is 35.9 Å². The summed E-state index contributed by atoms with van der Waals surface area (Å²) in [6.45, 7) is 0. The van der Waals surface area contributed by atoms with Crippen LogP contribution in [-0.4, -0.2) is 52.9 Å². The fourth-order valence-corrected chi connectivity index (χ4v) is 6.29. The monoisotopic (exact) mass is 588 g/mol. The third-order valence-electron chi connectivity index (χ3n) is 7.68. The number of allylic oxidation sites excluding steroid dienone is 4. The van der Waals surface area contributed by atoms with Crippen LogP contribution in [0.4, 0.5) is 9.93 Å². The van der Waals surface area contributed by atoms with Gasteiger partial charge in [0.15, 0.2) is 28.4 Å². The van der Waals surface area contributed by atoms with Gasteiger partial charge in [-0.15, -0.1) is 11.3 Å². The van der Waals surface area contributed by atoms with Crippen LogP contribution < -0.4 is 10.6 Å². The third kappa shape index (κ3) is 5.32. The number of hydrogen-bond acceptors (Lipinski definition) is 9. The molecule has 6 rings (SSSR count). The lowest BCUT2D eigenvalue weighted by Crippen LogP contribution is -2.48. The summed E-state index contributed by atoms with van der Waals surface area (Å²) in [5.41, 5.74) is 3.23. The highest BCUT2D eigenvalue weighted by Gasteiger charge is 2.48. The number of thiazole rings is 1. The number of nitrogens with one attached hydrogen (secondary N) is 2. The second-order valence-corrected chi connectivity index (χ2v) is 11.1. The Labute approximate surface area is 245 Å². The molecular formula is C30H28N4O7S. The van der Waals surface area contributed by atoms with Crippen LogP contribution in [0.3, 0.4) is 0 Å². The van der Waals surface area contributed by atoms with Crippen LogP contribution in [0.15, 0.2) is 77.5 Å². The molecule has 4 amide bonds. The van der Waals surface area contributed by atoms with E-state index in [1.807, 2.05) is 42.5 Å². The smallest absolute Gasteiger partial charge is 0.357 e. The van der Waals surface area contributed by atoms with Crippen molar-refractivity contribution >= 4 is 40.3 Å². The zero-order valence-electron chi connectivity index (χ0n) is 22.7. The van der Waals surface area contributed by atoms with E-state index in [0.29, 0.717) is 5.76 Å². The minimum atomic E-state index is -1.17. The average Bonchev–Trinajstić information content (AvgIpc) is 3.73. The molecular weight excluding hydrogens is 560 g/mol. The number of amides is 4. The first-order valence-corrected chi connectivity index (χ1v) is 14.5. The highest BCUT2D eigenvalue weighted by atomic mass is 32.1. The molecule has 0 spiro atoms. The number of imide groups is 1. The van der Waals surface area contributed by atoms with Crippen LogP contribution in [-0.2, 0) is 30.2 Å². The fraction of sp³-hybridized carbons (Fsp3) is 0.300. The molecule has 42 heavy (non-hydrogen) atoms. The molecule has 11 nitrogen and oxygen atoms in total. The van der Waals surface area contributed by atoms with Crippen molar-refractivity contribution in [2.24, 2.45) is 0 Å². The van der Waals surface area contributed by atoms with Gasteiger partial charge in [0, 0.05) is 5.38 Å². The number of ether oxygens (including phenoxy) is 3. The van der Waals surface area contributed by atoms with E-state index >= 15 is 0 Å². The number of esters is 1. The second-order valence-electron chi connectivity index (χ2n) is 10.2. The summed E-state index contributed by atoms with van der Waals surface area (Å²) >= 11 is 1.04. The Hall–Kier alpha value is -4.71. The van der Waals surface area contributed by atoms with Gasteiger partial charge in [-0.05, 0) is 54.7 Å². The molecule has 216 valence electrons. The maximum absolute atomic E-state index is 13.8. The summed E-state index contributed by atoms with van der Waals surface area (Å²) in [7, 11) is 1.24. The molecule has 1 saturated heterocycles. The maximum atomic E-state index is 13.8. The SMILES string of the molecule is COC(=O)c1csc(NC(=O)C(CC2CCc3ccccc32)N2C(=O)NC(C3=COC=C(C4=CC=CCC4)O3)C2=O)n1. The number of anilines is 1. The standard InChI is InChI=1S/C30H28N4O7S/c1-39-28(37)21-16-42-29(31-21)33-26(35)22(13-19-12-11-17-7-5-6-10-20(17)19)34-27(36)25(32-30(34)38)24-15-40-14-23(41-24)18-8-3-2-4-9-18/h2-3,5-8,10,14-16,19,22,25H,4,9,11-13H2,1H3,(H,32,38)(H,31,33,35). The van der Waals surface area contributed by atoms with Gasteiger partial charge in [0.2, 0.25) is 5.91 Å². The lowest BCUT2D eigenvalue weighted by atomic mass is 9.92. The van der Waals surface area contributed by atoms with Crippen molar-refractivity contribution in [2.75, 3.05) is 12.4 Å². The molecule has 2 N–H and O–H groups in total. The van der Waals surface area contributed by atoms with Gasteiger partial charge in [-0.3, -0.25) is 9.59 Å². The lowest BCUT2D eigenvalue weighted by Gasteiger charge is -2.27. The second kappa shape index (κ2) is 11.6. The number of fused-ring (bicyclic) bond motifs is 1. The van der Waals surface area contributed by atoms with E-state index in [2.05, 4.69) is 15.6 Å². The molecule has 2 aromatic rings. The van der Waals surface area contributed by atoms with Crippen LogP contribution in [0.1, 0.15) is 53.2 Å². The largest absolute Gasteiger partial charge is 0.465 e. The summed E-state index contributed by atoms with van der Waals surface area (Å²) in [5, 5.41) is 6.97. The fourth-order valence-electron chi connectivity index (χ4n) is 5.60. The van der Waals surface area contributed by atoms with Gasteiger partial charge in [0.05, 0.1) is 7.11 Å². The molecule has 4 aliphatic rings.